The van der Waals surface area contributed by atoms with Gasteiger partial charge in [0.25, 0.3) is 0 Å². The minimum absolute atomic E-state index is 1.21. The fourth-order valence-corrected chi connectivity index (χ4v) is 10.8. The quantitative estimate of drug-likeness (QED) is 0.123. The minimum Gasteiger partial charge on any atom is -0.0622 e. The third-order valence-electron chi connectivity index (χ3n) is 13.4. The van der Waals surface area contributed by atoms with Gasteiger partial charge in [-0.1, -0.05) is 212 Å². The standard InChI is InChI=1S/C62H38/c1-2-18-39(19-3-1)59-49-28-12-14-30-51(49)60(52-31-15-13-29-50(52)59)42-34-35-55-58(38-42)62(57-37-41-21-5-7-23-44(41)46-25-9-11-27-48(46)57)54-33-17-16-32-53(54)61(55)56-36-40-20-4-6-22-43(40)45-24-8-10-26-47(45)56/h1-38H. The summed E-state index contributed by atoms with van der Waals surface area (Å²) in [6, 6.07) is 85.8. The molecule has 0 aliphatic heterocycles. The maximum Gasteiger partial charge on any atom is -0.00197 e. The van der Waals surface area contributed by atoms with E-state index in [1.807, 2.05) is 0 Å². The van der Waals surface area contributed by atoms with Gasteiger partial charge >= 0.3 is 0 Å². The second-order valence-electron chi connectivity index (χ2n) is 16.6. The van der Waals surface area contributed by atoms with Crippen molar-refractivity contribution in [2.75, 3.05) is 0 Å². The van der Waals surface area contributed by atoms with E-state index in [-0.39, 0.29) is 0 Å². The number of rotatable bonds is 4. The summed E-state index contributed by atoms with van der Waals surface area (Å²) in [5, 5.41) is 20.1. The van der Waals surface area contributed by atoms with Gasteiger partial charge in [-0.15, -0.1) is 0 Å². The highest BCUT2D eigenvalue weighted by Crippen LogP contribution is 2.51. The summed E-state index contributed by atoms with van der Waals surface area (Å²) in [5.41, 5.74) is 10.0. The van der Waals surface area contributed by atoms with Crippen molar-refractivity contribution in [1.29, 1.82) is 0 Å². The molecular formula is C62H38. The number of hydrogen-bond acceptors (Lipinski definition) is 0. The van der Waals surface area contributed by atoms with Gasteiger partial charge in [-0.05, 0) is 149 Å². The predicted octanol–water partition coefficient (Wildman–Crippen LogP) is 17.6. The van der Waals surface area contributed by atoms with Crippen LogP contribution in [0.5, 0.6) is 0 Å². The molecule has 0 radical (unpaired) electrons. The third-order valence-corrected chi connectivity index (χ3v) is 13.4. The Morgan fingerprint density at radius 2 is 0.484 bits per heavy atom. The number of hydrogen-bond donors (Lipinski definition) is 0. The van der Waals surface area contributed by atoms with Crippen molar-refractivity contribution in [1.82, 2.24) is 0 Å². The van der Waals surface area contributed by atoms with E-state index in [0.29, 0.717) is 0 Å². The van der Waals surface area contributed by atoms with E-state index >= 15 is 0 Å². The van der Waals surface area contributed by atoms with Crippen LogP contribution in [0.2, 0.25) is 0 Å². The lowest BCUT2D eigenvalue weighted by Crippen LogP contribution is -1.95. The van der Waals surface area contributed by atoms with Crippen molar-refractivity contribution in [3.8, 4) is 44.5 Å². The first kappa shape index (κ1) is 34.8. The molecule has 0 aliphatic rings. The molecule has 0 unspecified atom stereocenters. The summed E-state index contributed by atoms with van der Waals surface area (Å²) in [4.78, 5) is 0. The largest absolute Gasteiger partial charge is 0.0622 e. The Morgan fingerprint density at radius 3 is 0.952 bits per heavy atom. The topological polar surface area (TPSA) is 0 Å². The molecule has 0 atom stereocenters. The van der Waals surface area contributed by atoms with Crippen molar-refractivity contribution < 1.29 is 0 Å². The van der Waals surface area contributed by atoms with Crippen LogP contribution in [0, 0.1) is 0 Å². The fourth-order valence-electron chi connectivity index (χ4n) is 10.8. The van der Waals surface area contributed by atoms with Gasteiger partial charge in [0, 0.05) is 0 Å². The van der Waals surface area contributed by atoms with Crippen molar-refractivity contribution in [3.05, 3.63) is 231 Å². The molecule has 0 aromatic heterocycles. The van der Waals surface area contributed by atoms with Crippen LogP contribution >= 0.6 is 0 Å². The molecule has 0 saturated carbocycles. The molecule has 0 spiro atoms. The van der Waals surface area contributed by atoms with E-state index in [9.17, 15) is 0 Å². The van der Waals surface area contributed by atoms with Crippen LogP contribution in [0.15, 0.2) is 231 Å². The van der Waals surface area contributed by atoms with Crippen LogP contribution in [0.4, 0.5) is 0 Å². The predicted molar refractivity (Wildman–Crippen MR) is 268 cm³/mol. The average molecular weight is 783 g/mol. The fraction of sp³-hybridized carbons (Fsp3) is 0. The summed E-state index contributed by atoms with van der Waals surface area (Å²) in [7, 11) is 0. The lowest BCUT2D eigenvalue weighted by Gasteiger charge is -2.22. The molecule has 0 amide bonds. The zero-order valence-corrected chi connectivity index (χ0v) is 33.9. The first-order chi connectivity index (χ1) is 30.8. The molecular weight excluding hydrogens is 745 g/mol. The summed E-state index contributed by atoms with van der Waals surface area (Å²) in [6.45, 7) is 0. The van der Waals surface area contributed by atoms with Crippen LogP contribution in [0.1, 0.15) is 0 Å². The van der Waals surface area contributed by atoms with Crippen molar-refractivity contribution in [3.63, 3.8) is 0 Å². The maximum atomic E-state index is 2.52. The first-order valence-corrected chi connectivity index (χ1v) is 21.6. The van der Waals surface area contributed by atoms with Crippen LogP contribution in [-0.2, 0) is 0 Å². The molecule has 62 heavy (non-hydrogen) atoms. The zero-order valence-electron chi connectivity index (χ0n) is 33.9. The molecule has 0 aliphatic carbocycles. The Balaban J connectivity index is 1.22. The highest BCUT2D eigenvalue weighted by atomic mass is 14.3. The second kappa shape index (κ2) is 13.7. The van der Waals surface area contributed by atoms with Crippen molar-refractivity contribution >= 4 is 86.2 Å². The van der Waals surface area contributed by atoms with Crippen molar-refractivity contribution in [2.45, 2.75) is 0 Å². The smallest absolute Gasteiger partial charge is 0.00197 e. The Bertz CT molecular complexity index is 3910. The minimum atomic E-state index is 1.21. The van der Waals surface area contributed by atoms with Gasteiger partial charge in [0.1, 0.15) is 0 Å². The number of fused-ring (bicyclic) bond motifs is 10. The Kier molecular flexibility index (Phi) is 7.71. The lowest BCUT2D eigenvalue weighted by atomic mass is 9.81. The molecule has 0 saturated heterocycles. The summed E-state index contributed by atoms with van der Waals surface area (Å²) in [5.74, 6) is 0. The van der Waals surface area contributed by atoms with E-state index in [1.54, 1.807) is 0 Å². The van der Waals surface area contributed by atoms with Crippen LogP contribution in [-0.4, -0.2) is 0 Å². The lowest BCUT2D eigenvalue weighted by molar-refractivity contribution is 1.66. The van der Waals surface area contributed by atoms with Gasteiger partial charge in [0.15, 0.2) is 0 Å². The average Bonchev–Trinajstić information content (AvgIpc) is 3.34. The van der Waals surface area contributed by atoms with Crippen LogP contribution < -0.4 is 0 Å². The second-order valence-corrected chi connectivity index (χ2v) is 16.6. The van der Waals surface area contributed by atoms with E-state index in [4.69, 9.17) is 0 Å². The highest BCUT2D eigenvalue weighted by Gasteiger charge is 2.23. The molecule has 13 aromatic rings. The number of benzene rings is 13. The van der Waals surface area contributed by atoms with Gasteiger partial charge < -0.3 is 0 Å². The Morgan fingerprint density at radius 1 is 0.161 bits per heavy atom. The summed E-state index contributed by atoms with van der Waals surface area (Å²) >= 11 is 0. The van der Waals surface area contributed by atoms with Gasteiger partial charge in [-0.25, -0.2) is 0 Å². The molecule has 0 bridgehead atoms. The van der Waals surface area contributed by atoms with Crippen LogP contribution in [0.3, 0.4) is 0 Å². The van der Waals surface area contributed by atoms with Crippen molar-refractivity contribution in [2.24, 2.45) is 0 Å². The molecule has 0 heterocycles. The Labute approximate surface area is 359 Å². The third kappa shape index (κ3) is 5.14. The van der Waals surface area contributed by atoms with Gasteiger partial charge in [-0.2, -0.15) is 0 Å². The first-order valence-electron chi connectivity index (χ1n) is 21.6. The SMILES string of the molecule is c1ccc(-c2c3ccccc3c(-c3ccc4c(-c5cc6ccccc6c6ccccc56)c5ccccc5c(-c5cc6ccccc6c6ccccc56)c4c3)c3ccccc23)cc1. The van der Waals surface area contributed by atoms with E-state index in [0.717, 1.165) is 0 Å². The molecule has 13 aromatic carbocycles. The Hall–Kier alpha value is -8.06. The monoisotopic (exact) mass is 782 g/mol. The molecule has 0 nitrogen and oxygen atoms in total. The van der Waals surface area contributed by atoms with Crippen LogP contribution in [0.25, 0.3) is 131 Å². The van der Waals surface area contributed by atoms with E-state index in [2.05, 4.69) is 231 Å². The molecule has 0 N–H and O–H groups in total. The van der Waals surface area contributed by atoms with Gasteiger partial charge in [0.2, 0.25) is 0 Å². The summed E-state index contributed by atoms with van der Waals surface area (Å²) in [6.07, 6.45) is 0. The molecule has 286 valence electrons. The molecule has 13 rings (SSSR count). The van der Waals surface area contributed by atoms with E-state index in [1.165, 1.54) is 131 Å². The summed E-state index contributed by atoms with van der Waals surface area (Å²) < 4.78 is 0. The molecule has 0 heteroatoms. The zero-order chi connectivity index (χ0) is 40.7. The normalized spacial score (nSPS) is 11.9. The van der Waals surface area contributed by atoms with Gasteiger partial charge in [0.05, 0.1) is 0 Å². The highest BCUT2D eigenvalue weighted by molar-refractivity contribution is 6.29. The van der Waals surface area contributed by atoms with E-state index < -0.39 is 0 Å². The molecule has 0 fully saturated rings. The maximum absolute atomic E-state index is 2.52. The van der Waals surface area contributed by atoms with Gasteiger partial charge in [-0.3, -0.25) is 0 Å².